The molecule has 1 rings (SSSR count). The lowest BCUT2D eigenvalue weighted by Gasteiger charge is -2.36. The van der Waals surface area contributed by atoms with Gasteiger partial charge in [-0.15, -0.1) is 0 Å². The summed E-state index contributed by atoms with van der Waals surface area (Å²) in [6.45, 7) is 0.370. The minimum atomic E-state index is -1.73. The van der Waals surface area contributed by atoms with Crippen molar-refractivity contribution < 1.29 is 39.9 Å². The van der Waals surface area contributed by atoms with Crippen LogP contribution in [-0.4, -0.2) is 74.5 Å². The molecule has 1 aliphatic rings. The molecule has 0 saturated carbocycles. The molecule has 0 aromatic carbocycles. The van der Waals surface area contributed by atoms with Crippen LogP contribution >= 0.6 is 0 Å². The Balaban J connectivity index is 3.00. The smallest absolute Gasteiger partial charge is 0.370 e. The lowest BCUT2D eigenvalue weighted by atomic mass is 9.94. The highest BCUT2D eigenvalue weighted by Gasteiger charge is 2.42. The van der Waals surface area contributed by atoms with E-state index in [0.717, 1.165) is 6.08 Å². The van der Waals surface area contributed by atoms with Crippen molar-refractivity contribution in [2.45, 2.75) is 37.4 Å². The lowest BCUT2D eigenvalue weighted by molar-refractivity contribution is -0.156. The second kappa shape index (κ2) is 6.66. The summed E-state index contributed by atoms with van der Waals surface area (Å²) in [7, 11) is 0. The van der Waals surface area contributed by atoms with Gasteiger partial charge in [0.2, 0.25) is 11.7 Å². The number of rotatable bonds is 5. The van der Waals surface area contributed by atoms with Crippen LogP contribution < -0.4 is 5.32 Å². The minimum absolute atomic E-state index is 0.520. The van der Waals surface area contributed by atoms with Crippen LogP contribution in [0.15, 0.2) is 11.8 Å². The van der Waals surface area contributed by atoms with Gasteiger partial charge in [-0.2, -0.15) is 0 Å². The van der Waals surface area contributed by atoms with Gasteiger partial charge in [0.05, 0.1) is 12.6 Å². The normalized spacial score (nSPS) is 28.9. The summed E-state index contributed by atoms with van der Waals surface area (Å²) in [6.07, 6.45) is -5.36. The van der Waals surface area contributed by atoms with Crippen LogP contribution in [0.1, 0.15) is 6.92 Å². The van der Waals surface area contributed by atoms with E-state index in [1.54, 1.807) is 0 Å². The van der Waals surface area contributed by atoms with Crippen molar-refractivity contribution in [3.8, 4) is 0 Å². The highest BCUT2D eigenvalue weighted by Crippen LogP contribution is 2.22. The zero-order chi connectivity index (χ0) is 15.4. The molecule has 0 unspecified atom stereocenters. The third kappa shape index (κ3) is 3.67. The van der Waals surface area contributed by atoms with Crippen LogP contribution in [0, 0.1) is 0 Å². The second-order valence-electron chi connectivity index (χ2n) is 4.38. The Kier molecular flexibility index (Phi) is 5.45. The number of aliphatic hydroxyl groups excluding tert-OH is 4. The Morgan fingerprint density at radius 2 is 2.05 bits per heavy atom. The molecule has 0 saturated heterocycles. The topological polar surface area (TPSA) is 157 Å². The van der Waals surface area contributed by atoms with E-state index in [-0.39, 0.29) is 0 Å². The van der Waals surface area contributed by atoms with Gasteiger partial charge in [0.25, 0.3) is 0 Å². The first-order chi connectivity index (χ1) is 9.27. The molecule has 9 heteroatoms. The number of aliphatic hydroxyl groups is 4. The molecule has 20 heavy (non-hydrogen) atoms. The maximum atomic E-state index is 11.0. The van der Waals surface area contributed by atoms with Gasteiger partial charge in [-0.3, -0.25) is 4.79 Å². The van der Waals surface area contributed by atoms with Gasteiger partial charge in [-0.25, -0.2) is 4.79 Å². The summed E-state index contributed by atoms with van der Waals surface area (Å²) in [5.74, 6) is -2.56. The number of carbonyl (C=O) groups is 2. The van der Waals surface area contributed by atoms with E-state index < -0.39 is 54.7 Å². The first kappa shape index (κ1) is 16.4. The molecule has 6 N–H and O–H groups in total. The molecule has 0 aromatic rings. The average Bonchev–Trinajstić information content (AvgIpc) is 2.38. The van der Waals surface area contributed by atoms with Crippen molar-refractivity contribution in [1.29, 1.82) is 0 Å². The molecule has 0 aromatic heterocycles. The number of amides is 1. The van der Waals surface area contributed by atoms with Crippen LogP contribution in [0.4, 0.5) is 0 Å². The molecule has 0 bridgehead atoms. The number of carboxylic acid groups (broad SMARTS) is 1. The van der Waals surface area contributed by atoms with E-state index in [1.807, 2.05) is 0 Å². The number of aliphatic carboxylic acids is 1. The first-order valence-corrected chi connectivity index (χ1v) is 5.81. The van der Waals surface area contributed by atoms with Crippen molar-refractivity contribution >= 4 is 11.9 Å². The third-order valence-electron chi connectivity index (χ3n) is 2.80. The number of carbonyl (C=O) groups excluding carboxylic acids is 1. The molecule has 114 valence electrons. The molecule has 0 aliphatic carbocycles. The quantitative estimate of drug-likeness (QED) is 0.311. The van der Waals surface area contributed by atoms with Crippen LogP contribution in [-0.2, 0) is 14.3 Å². The molecule has 1 heterocycles. The number of carboxylic acids is 1. The molecular weight excluding hydrogens is 274 g/mol. The Hall–Kier alpha value is -1.68. The molecular formula is C11H17NO8. The summed E-state index contributed by atoms with van der Waals surface area (Å²) >= 11 is 0. The SMILES string of the molecule is CC(=O)N[C@@H]1C=C(C(=O)O)O[C@H]([C@H](O)[C@H](O)CO)[C@@H]1O. The second-order valence-corrected chi connectivity index (χ2v) is 4.38. The Morgan fingerprint density at radius 3 is 2.50 bits per heavy atom. The first-order valence-electron chi connectivity index (χ1n) is 5.81. The van der Waals surface area contributed by atoms with E-state index in [4.69, 9.17) is 14.9 Å². The van der Waals surface area contributed by atoms with E-state index in [9.17, 15) is 24.9 Å². The number of hydrogen-bond acceptors (Lipinski definition) is 7. The third-order valence-corrected chi connectivity index (χ3v) is 2.80. The standard InChI is InChI=1S/C11H17NO8/c1-4(14)12-5-2-7(11(18)19)20-10(8(5)16)9(17)6(15)3-13/h2,5-6,8-10,13,15-17H,3H2,1H3,(H,12,14)(H,18,19)/t5-,6-,8-,9-,10+/m1/s1. The predicted molar refractivity (Wildman–Crippen MR) is 63.3 cm³/mol. The summed E-state index contributed by atoms with van der Waals surface area (Å²) in [5.41, 5.74) is 0. The van der Waals surface area contributed by atoms with Gasteiger partial charge in [0.1, 0.15) is 18.3 Å². The molecule has 9 nitrogen and oxygen atoms in total. The van der Waals surface area contributed by atoms with Crippen molar-refractivity contribution in [3.63, 3.8) is 0 Å². The van der Waals surface area contributed by atoms with Gasteiger partial charge in [0.15, 0.2) is 6.10 Å². The molecule has 1 aliphatic heterocycles. The highest BCUT2D eigenvalue weighted by molar-refractivity contribution is 5.85. The molecule has 1 amide bonds. The number of ether oxygens (including phenoxy) is 1. The average molecular weight is 291 g/mol. The van der Waals surface area contributed by atoms with Crippen LogP contribution in [0.3, 0.4) is 0 Å². The Morgan fingerprint density at radius 1 is 1.45 bits per heavy atom. The van der Waals surface area contributed by atoms with Crippen molar-refractivity contribution in [2.24, 2.45) is 0 Å². The monoisotopic (exact) mass is 291 g/mol. The van der Waals surface area contributed by atoms with E-state index in [1.165, 1.54) is 6.92 Å². The van der Waals surface area contributed by atoms with Crippen LogP contribution in [0.2, 0.25) is 0 Å². The Labute approximate surface area is 114 Å². The van der Waals surface area contributed by atoms with Gasteiger partial charge in [-0.05, 0) is 6.08 Å². The maximum absolute atomic E-state index is 11.0. The molecule has 0 radical (unpaired) electrons. The van der Waals surface area contributed by atoms with Gasteiger partial charge in [0, 0.05) is 6.92 Å². The zero-order valence-electron chi connectivity index (χ0n) is 10.6. The number of hydrogen-bond donors (Lipinski definition) is 6. The van der Waals surface area contributed by atoms with E-state index in [2.05, 4.69) is 5.32 Å². The number of nitrogens with one attached hydrogen (secondary N) is 1. The van der Waals surface area contributed by atoms with E-state index >= 15 is 0 Å². The molecule has 5 atom stereocenters. The fraction of sp³-hybridized carbons (Fsp3) is 0.636. The Bertz CT molecular complexity index is 409. The summed E-state index contributed by atoms with van der Waals surface area (Å²) in [4.78, 5) is 21.9. The van der Waals surface area contributed by atoms with Gasteiger partial charge in [-0.1, -0.05) is 0 Å². The summed E-state index contributed by atoms with van der Waals surface area (Å²) in [6, 6.07) is -1.10. The van der Waals surface area contributed by atoms with E-state index in [0.29, 0.717) is 0 Å². The predicted octanol–water partition coefficient (Wildman–Crippen LogP) is -3.07. The fourth-order valence-corrected chi connectivity index (χ4v) is 1.80. The van der Waals surface area contributed by atoms with Crippen molar-refractivity contribution in [2.75, 3.05) is 6.61 Å². The highest BCUT2D eigenvalue weighted by atomic mass is 16.5. The summed E-state index contributed by atoms with van der Waals surface area (Å²) in [5, 5.41) is 49.0. The minimum Gasteiger partial charge on any atom is -0.478 e. The van der Waals surface area contributed by atoms with Crippen LogP contribution in [0.25, 0.3) is 0 Å². The van der Waals surface area contributed by atoms with Crippen molar-refractivity contribution in [3.05, 3.63) is 11.8 Å². The fourth-order valence-electron chi connectivity index (χ4n) is 1.80. The zero-order valence-corrected chi connectivity index (χ0v) is 10.6. The maximum Gasteiger partial charge on any atom is 0.370 e. The largest absolute Gasteiger partial charge is 0.478 e. The van der Waals surface area contributed by atoms with Gasteiger partial charge >= 0.3 is 5.97 Å². The molecule has 0 spiro atoms. The lowest BCUT2D eigenvalue weighted by Crippen LogP contribution is -2.57. The van der Waals surface area contributed by atoms with Crippen LogP contribution in [0.5, 0.6) is 0 Å². The van der Waals surface area contributed by atoms with Crippen molar-refractivity contribution in [1.82, 2.24) is 5.32 Å². The van der Waals surface area contributed by atoms with Gasteiger partial charge < -0.3 is 35.6 Å². The summed E-state index contributed by atoms with van der Waals surface area (Å²) < 4.78 is 4.90. The molecule has 0 fully saturated rings.